The molecule has 0 unspecified atom stereocenters. The van der Waals surface area contributed by atoms with E-state index in [1.165, 1.54) is 0 Å². The van der Waals surface area contributed by atoms with Crippen LogP contribution < -0.4 is 16.3 Å². The summed E-state index contributed by atoms with van der Waals surface area (Å²) in [6.07, 6.45) is 0. The second-order valence-corrected chi connectivity index (χ2v) is 11.7. The van der Waals surface area contributed by atoms with E-state index in [2.05, 4.69) is 30.3 Å². The van der Waals surface area contributed by atoms with Crippen LogP contribution in [0.3, 0.4) is 0 Å². The standard InChI is InChI=1S/C38H28N5P.C2H6/c39-27-33(36(40)38-41-34(28-16-6-1-7-17-28)26-35(42-38)29-18-8-2-9-19-29)37(30-20-10-3-11-21-30)43-44(31-22-12-4-13-23-31)32-24-14-5-15-25-32;1-2/h1-26H,40H2;1-2H3/b36-33-,43-37-;. The average molecular weight is 616 g/mol. The number of nitrogens with two attached hydrogens (primary N) is 1. The highest BCUT2D eigenvalue weighted by atomic mass is 31.1. The van der Waals surface area contributed by atoms with Crippen molar-refractivity contribution in [3.05, 3.63) is 175 Å². The Morgan fingerprint density at radius 3 is 1.41 bits per heavy atom. The third kappa shape index (κ3) is 7.50. The van der Waals surface area contributed by atoms with Crippen molar-refractivity contribution in [1.82, 2.24) is 9.97 Å². The Hall–Kier alpha value is -5.69. The summed E-state index contributed by atoms with van der Waals surface area (Å²) in [6.45, 7) is 4.00. The molecule has 5 nitrogen and oxygen atoms in total. The molecule has 0 spiro atoms. The lowest BCUT2D eigenvalue weighted by atomic mass is 10.0. The van der Waals surface area contributed by atoms with Gasteiger partial charge >= 0.3 is 0 Å². The number of hydrogen-bond acceptors (Lipinski definition) is 5. The lowest BCUT2D eigenvalue weighted by Gasteiger charge is -2.17. The van der Waals surface area contributed by atoms with Gasteiger partial charge in [0.2, 0.25) is 0 Å². The van der Waals surface area contributed by atoms with Crippen LogP contribution in [0.5, 0.6) is 0 Å². The molecule has 0 bridgehead atoms. The second-order valence-electron chi connectivity index (χ2n) is 9.89. The molecule has 224 valence electrons. The van der Waals surface area contributed by atoms with Gasteiger partial charge < -0.3 is 5.73 Å². The first-order valence-corrected chi connectivity index (χ1v) is 16.5. The Labute approximate surface area is 272 Å². The van der Waals surface area contributed by atoms with Gasteiger partial charge in [0.15, 0.2) is 5.82 Å². The van der Waals surface area contributed by atoms with Gasteiger partial charge in [0.05, 0.1) is 30.9 Å². The van der Waals surface area contributed by atoms with E-state index in [0.717, 1.165) is 27.3 Å². The number of nitriles is 1. The van der Waals surface area contributed by atoms with E-state index in [9.17, 15) is 5.26 Å². The number of hydrogen-bond donors (Lipinski definition) is 1. The fraction of sp³-hybridized carbons (Fsp3) is 0.0500. The van der Waals surface area contributed by atoms with Crippen LogP contribution >= 0.6 is 8.07 Å². The van der Waals surface area contributed by atoms with Gasteiger partial charge in [-0.15, -0.1) is 0 Å². The molecule has 6 rings (SSSR count). The summed E-state index contributed by atoms with van der Waals surface area (Å²) >= 11 is 0. The van der Waals surface area contributed by atoms with E-state index in [0.29, 0.717) is 17.1 Å². The van der Waals surface area contributed by atoms with Crippen LogP contribution in [0, 0.1) is 11.3 Å². The van der Waals surface area contributed by atoms with Crippen molar-refractivity contribution in [2.24, 2.45) is 10.5 Å². The van der Waals surface area contributed by atoms with Crippen molar-refractivity contribution >= 4 is 30.1 Å². The highest BCUT2D eigenvalue weighted by Crippen LogP contribution is 2.37. The molecule has 0 amide bonds. The summed E-state index contributed by atoms with van der Waals surface area (Å²) in [4.78, 5) is 9.75. The van der Waals surface area contributed by atoms with Gasteiger partial charge in [0.1, 0.15) is 11.6 Å². The first kappa shape index (κ1) is 31.7. The predicted molar refractivity (Wildman–Crippen MR) is 193 cm³/mol. The summed E-state index contributed by atoms with van der Waals surface area (Å²) in [5.74, 6) is 0.272. The third-order valence-corrected chi connectivity index (χ3v) is 8.95. The summed E-state index contributed by atoms with van der Waals surface area (Å²) in [7, 11) is -1.22. The maximum absolute atomic E-state index is 10.7. The van der Waals surface area contributed by atoms with Gasteiger partial charge in [0, 0.05) is 27.3 Å². The summed E-state index contributed by atoms with van der Waals surface area (Å²) in [5, 5.41) is 12.8. The monoisotopic (exact) mass is 615 g/mol. The molecule has 1 heterocycles. The first-order chi connectivity index (χ1) is 22.7. The quantitative estimate of drug-likeness (QED) is 0.106. The van der Waals surface area contributed by atoms with Gasteiger partial charge in [-0.25, -0.2) is 14.7 Å². The van der Waals surface area contributed by atoms with Crippen molar-refractivity contribution in [1.29, 1.82) is 5.26 Å². The Morgan fingerprint density at radius 1 is 0.609 bits per heavy atom. The molecule has 0 radical (unpaired) electrons. The molecule has 5 aromatic carbocycles. The Balaban J connectivity index is 0.00000204. The average Bonchev–Trinajstić information content (AvgIpc) is 3.15. The van der Waals surface area contributed by atoms with Crippen LogP contribution in [-0.2, 0) is 0 Å². The molecule has 1 aromatic heterocycles. The zero-order valence-electron chi connectivity index (χ0n) is 25.8. The minimum Gasteiger partial charge on any atom is -0.395 e. The highest BCUT2D eigenvalue weighted by molar-refractivity contribution is 7.72. The molecule has 6 aromatic rings. The van der Waals surface area contributed by atoms with Crippen LogP contribution in [0.4, 0.5) is 0 Å². The predicted octanol–water partition coefficient (Wildman–Crippen LogP) is 8.57. The van der Waals surface area contributed by atoms with Crippen molar-refractivity contribution in [3.8, 4) is 28.6 Å². The van der Waals surface area contributed by atoms with Crippen molar-refractivity contribution < 1.29 is 0 Å². The molecular weight excluding hydrogens is 581 g/mol. The Morgan fingerprint density at radius 2 is 1.00 bits per heavy atom. The molecule has 0 aliphatic heterocycles. The van der Waals surface area contributed by atoms with Crippen molar-refractivity contribution in [2.75, 3.05) is 0 Å². The normalized spacial score (nSPS) is 11.6. The van der Waals surface area contributed by atoms with Gasteiger partial charge in [-0.05, 0) is 6.07 Å². The lowest BCUT2D eigenvalue weighted by molar-refractivity contribution is 1.11. The van der Waals surface area contributed by atoms with Crippen LogP contribution in [0.1, 0.15) is 25.2 Å². The molecular formula is C40H34N5P. The van der Waals surface area contributed by atoms with Gasteiger partial charge in [-0.2, -0.15) is 5.26 Å². The number of aromatic nitrogens is 2. The Bertz CT molecular complexity index is 1860. The van der Waals surface area contributed by atoms with Crippen molar-refractivity contribution in [2.45, 2.75) is 13.8 Å². The topological polar surface area (TPSA) is 88.0 Å². The van der Waals surface area contributed by atoms with Crippen LogP contribution in [0.15, 0.2) is 168 Å². The summed E-state index contributed by atoms with van der Waals surface area (Å²) in [5.41, 5.74) is 11.8. The minimum atomic E-state index is -1.22. The number of rotatable bonds is 8. The van der Waals surface area contributed by atoms with E-state index in [1.807, 2.05) is 147 Å². The minimum absolute atomic E-state index is 0.168. The summed E-state index contributed by atoms with van der Waals surface area (Å²) in [6, 6.07) is 54.1. The van der Waals surface area contributed by atoms with E-state index in [-0.39, 0.29) is 17.1 Å². The zero-order chi connectivity index (χ0) is 32.1. The Kier molecular flexibility index (Phi) is 10.9. The highest BCUT2D eigenvalue weighted by Gasteiger charge is 2.22. The summed E-state index contributed by atoms with van der Waals surface area (Å²) < 4.78 is 5.33. The molecule has 0 fully saturated rings. The molecule has 0 aliphatic rings. The first-order valence-electron chi connectivity index (χ1n) is 15.2. The number of allylic oxidation sites excluding steroid dienone is 1. The smallest absolute Gasteiger partial charge is 0.178 e. The van der Waals surface area contributed by atoms with Crippen LogP contribution in [-0.4, -0.2) is 15.7 Å². The van der Waals surface area contributed by atoms with E-state index in [1.54, 1.807) is 0 Å². The molecule has 0 saturated heterocycles. The van der Waals surface area contributed by atoms with Gasteiger partial charge in [0.25, 0.3) is 0 Å². The zero-order valence-corrected chi connectivity index (χ0v) is 26.7. The van der Waals surface area contributed by atoms with Crippen molar-refractivity contribution in [3.63, 3.8) is 0 Å². The van der Waals surface area contributed by atoms with E-state index >= 15 is 0 Å². The fourth-order valence-electron chi connectivity index (χ4n) is 4.78. The van der Waals surface area contributed by atoms with Gasteiger partial charge in [-0.1, -0.05) is 166 Å². The molecule has 0 atom stereocenters. The number of nitrogens with zero attached hydrogens (tertiary/aromatic N) is 4. The fourth-order valence-corrected chi connectivity index (χ4v) is 6.64. The lowest BCUT2D eigenvalue weighted by Crippen LogP contribution is -2.16. The number of benzene rings is 5. The third-order valence-electron chi connectivity index (χ3n) is 6.97. The molecule has 0 saturated carbocycles. The molecule has 0 aliphatic carbocycles. The van der Waals surface area contributed by atoms with E-state index in [4.69, 9.17) is 20.5 Å². The SMILES string of the molecule is CC.N#CC(/C(=N\P(c1ccccc1)c1ccccc1)c1ccccc1)=C(/N)c1nc(-c2ccccc2)cc(-c2ccccc2)n1. The van der Waals surface area contributed by atoms with Gasteiger partial charge in [-0.3, -0.25) is 0 Å². The maximum Gasteiger partial charge on any atom is 0.178 e. The second kappa shape index (κ2) is 15.9. The van der Waals surface area contributed by atoms with Crippen LogP contribution in [0.25, 0.3) is 28.2 Å². The maximum atomic E-state index is 10.7. The van der Waals surface area contributed by atoms with E-state index < -0.39 is 8.07 Å². The van der Waals surface area contributed by atoms with Crippen LogP contribution in [0.2, 0.25) is 0 Å². The largest absolute Gasteiger partial charge is 0.395 e. The molecule has 46 heavy (non-hydrogen) atoms. The molecule has 6 heteroatoms. The molecule has 2 N–H and O–H groups in total.